The van der Waals surface area contributed by atoms with Crippen molar-refractivity contribution in [1.82, 2.24) is 10.2 Å². The molecule has 0 aromatic heterocycles. The fraction of sp³-hybridized carbons (Fsp3) is 0.909. The number of likely N-dealkylation sites (N-methyl/N-ethyl adjacent to an activating group) is 1. The van der Waals surface area contributed by atoms with Gasteiger partial charge in [0.1, 0.15) is 0 Å². The minimum atomic E-state index is 0. The average molecular weight is 251 g/mol. The van der Waals surface area contributed by atoms with Crippen molar-refractivity contribution in [3.8, 4) is 0 Å². The van der Waals surface area contributed by atoms with Gasteiger partial charge in [-0.1, -0.05) is 0 Å². The molecular formula is C11H23ClN2O2. The molecule has 1 amide bonds. The maximum Gasteiger partial charge on any atom is 0.225 e. The molecule has 1 rings (SSSR count). The number of carbonyl (C=O) groups excluding carboxylic acids is 1. The highest BCUT2D eigenvalue weighted by atomic mass is 35.5. The Labute approximate surface area is 104 Å². The third-order valence-corrected chi connectivity index (χ3v) is 2.80. The normalized spacial score (nSPS) is 19.6. The molecule has 1 aliphatic heterocycles. The van der Waals surface area contributed by atoms with Crippen LogP contribution in [0, 0.1) is 0 Å². The van der Waals surface area contributed by atoms with Crippen molar-refractivity contribution >= 4 is 18.3 Å². The predicted molar refractivity (Wildman–Crippen MR) is 67.0 cm³/mol. The van der Waals surface area contributed by atoms with Gasteiger partial charge in [0.25, 0.3) is 0 Å². The second-order valence-corrected chi connectivity index (χ2v) is 3.89. The highest BCUT2D eigenvalue weighted by Gasteiger charge is 2.27. The van der Waals surface area contributed by atoms with Gasteiger partial charge in [-0.3, -0.25) is 4.79 Å². The molecule has 5 heteroatoms. The molecule has 96 valence electrons. The van der Waals surface area contributed by atoms with Gasteiger partial charge in [-0.05, 0) is 26.8 Å². The molecule has 0 aromatic carbocycles. The second-order valence-electron chi connectivity index (χ2n) is 3.89. The van der Waals surface area contributed by atoms with Crippen LogP contribution in [0.1, 0.15) is 26.2 Å². The molecule has 1 fully saturated rings. The van der Waals surface area contributed by atoms with E-state index in [1.54, 1.807) is 0 Å². The molecule has 1 atom stereocenters. The van der Waals surface area contributed by atoms with Crippen LogP contribution < -0.4 is 5.32 Å². The van der Waals surface area contributed by atoms with Crippen LogP contribution in [0.25, 0.3) is 0 Å². The number of likely N-dealkylation sites (tertiary alicyclic amines) is 1. The van der Waals surface area contributed by atoms with Crippen molar-refractivity contribution in [2.45, 2.75) is 32.2 Å². The molecule has 1 N–H and O–H groups in total. The van der Waals surface area contributed by atoms with Crippen LogP contribution >= 0.6 is 12.4 Å². The SMILES string of the molecule is CCOCCC(=O)N1CCCC1CNC.Cl. The molecular weight excluding hydrogens is 228 g/mol. The van der Waals surface area contributed by atoms with Gasteiger partial charge in [-0.25, -0.2) is 0 Å². The Bertz CT molecular complexity index is 202. The molecule has 1 aliphatic rings. The third-order valence-electron chi connectivity index (χ3n) is 2.80. The fourth-order valence-electron chi connectivity index (χ4n) is 2.06. The largest absolute Gasteiger partial charge is 0.381 e. The first-order valence-electron chi connectivity index (χ1n) is 5.81. The Morgan fingerprint density at radius 3 is 2.94 bits per heavy atom. The third kappa shape index (κ3) is 4.68. The van der Waals surface area contributed by atoms with Gasteiger partial charge in [0.2, 0.25) is 5.91 Å². The van der Waals surface area contributed by atoms with E-state index in [-0.39, 0.29) is 18.3 Å². The summed E-state index contributed by atoms with van der Waals surface area (Å²) in [7, 11) is 1.93. The molecule has 1 unspecified atom stereocenters. The Hall–Kier alpha value is -0.320. The molecule has 16 heavy (non-hydrogen) atoms. The van der Waals surface area contributed by atoms with E-state index < -0.39 is 0 Å². The Morgan fingerprint density at radius 1 is 1.56 bits per heavy atom. The molecule has 0 bridgehead atoms. The number of nitrogens with one attached hydrogen (secondary N) is 1. The first-order chi connectivity index (χ1) is 7.29. The number of ether oxygens (including phenoxy) is 1. The summed E-state index contributed by atoms with van der Waals surface area (Å²) in [6, 6.07) is 0.393. The van der Waals surface area contributed by atoms with Crippen molar-refractivity contribution in [3.05, 3.63) is 0 Å². The highest BCUT2D eigenvalue weighted by Crippen LogP contribution is 2.17. The lowest BCUT2D eigenvalue weighted by Crippen LogP contribution is -2.41. The lowest BCUT2D eigenvalue weighted by atomic mass is 10.2. The summed E-state index contributed by atoms with van der Waals surface area (Å²) >= 11 is 0. The summed E-state index contributed by atoms with van der Waals surface area (Å²) in [4.78, 5) is 13.8. The number of rotatable bonds is 6. The van der Waals surface area contributed by atoms with E-state index in [0.717, 1.165) is 25.9 Å². The zero-order valence-corrected chi connectivity index (χ0v) is 11.0. The number of hydrogen-bond acceptors (Lipinski definition) is 3. The predicted octanol–water partition coefficient (Wildman–Crippen LogP) is 1.05. The van der Waals surface area contributed by atoms with Crippen LogP contribution in [0.5, 0.6) is 0 Å². The van der Waals surface area contributed by atoms with E-state index >= 15 is 0 Å². The average Bonchev–Trinajstić information content (AvgIpc) is 2.67. The maximum absolute atomic E-state index is 11.8. The Kier molecular flexibility index (Phi) is 8.61. The van der Waals surface area contributed by atoms with Crippen molar-refractivity contribution < 1.29 is 9.53 Å². The number of halogens is 1. The standard InChI is InChI=1S/C11H22N2O2.ClH/c1-3-15-8-6-11(14)13-7-4-5-10(13)9-12-2;/h10,12H,3-9H2,1-2H3;1H. The van der Waals surface area contributed by atoms with Gasteiger partial charge in [0, 0.05) is 25.7 Å². The number of nitrogens with zero attached hydrogens (tertiary/aromatic N) is 1. The smallest absolute Gasteiger partial charge is 0.225 e. The molecule has 0 spiro atoms. The van der Waals surface area contributed by atoms with Crippen LogP contribution in [0.15, 0.2) is 0 Å². The first kappa shape index (κ1) is 15.7. The fourth-order valence-corrected chi connectivity index (χ4v) is 2.06. The van der Waals surface area contributed by atoms with Gasteiger partial charge < -0.3 is 15.0 Å². The minimum Gasteiger partial charge on any atom is -0.381 e. The van der Waals surface area contributed by atoms with E-state index in [2.05, 4.69) is 5.32 Å². The van der Waals surface area contributed by atoms with Crippen LogP contribution in [-0.4, -0.2) is 50.2 Å². The van der Waals surface area contributed by atoms with Gasteiger partial charge in [-0.15, -0.1) is 12.4 Å². The number of amides is 1. The number of carbonyl (C=O) groups is 1. The maximum atomic E-state index is 11.8. The quantitative estimate of drug-likeness (QED) is 0.717. The first-order valence-corrected chi connectivity index (χ1v) is 5.81. The van der Waals surface area contributed by atoms with Crippen LogP contribution in [0.3, 0.4) is 0 Å². The molecule has 1 saturated heterocycles. The van der Waals surface area contributed by atoms with Crippen LogP contribution in [0.4, 0.5) is 0 Å². The Balaban J connectivity index is 0.00000225. The molecule has 0 aromatic rings. The Morgan fingerprint density at radius 2 is 2.31 bits per heavy atom. The van der Waals surface area contributed by atoms with Gasteiger partial charge in [-0.2, -0.15) is 0 Å². The molecule has 1 heterocycles. The zero-order chi connectivity index (χ0) is 11.1. The summed E-state index contributed by atoms with van der Waals surface area (Å²) < 4.78 is 5.20. The summed E-state index contributed by atoms with van der Waals surface area (Å²) in [5.74, 6) is 0.237. The summed E-state index contributed by atoms with van der Waals surface area (Å²) in [5.41, 5.74) is 0. The summed E-state index contributed by atoms with van der Waals surface area (Å²) in [6.07, 6.45) is 2.78. The lowest BCUT2D eigenvalue weighted by Gasteiger charge is -2.24. The number of hydrogen-bond donors (Lipinski definition) is 1. The van der Waals surface area contributed by atoms with Crippen molar-refractivity contribution in [1.29, 1.82) is 0 Å². The van der Waals surface area contributed by atoms with Crippen molar-refractivity contribution in [2.75, 3.05) is 33.4 Å². The van der Waals surface area contributed by atoms with E-state index in [9.17, 15) is 4.79 Å². The monoisotopic (exact) mass is 250 g/mol. The summed E-state index contributed by atoms with van der Waals surface area (Å²) in [6.45, 7) is 5.01. The van der Waals surface area contributed by atoms with Crippen molar-refractivity contribution in [2.24, 2.45) is 0 Å². The van der Waals surface area contributed by atoms with Gasteiger partial charge in [0.05, 0.1) is 13.0 Å². The van der Waals surface area contributed by atoms with Crippen LogP contribution in [-0.2, 0) is 9.53 Å². The van der Waals surface area contributed by atoms with Gasteiger partial charge >= 0.3 is 0 Å². The van der Waals surface area contributed by atoms with E-state index in [1.807, 2.05) is 18.9 Å². The molecule has 0 aliphatic carbocycles. The van der Waals surface area contributed by atoms with Crippen LogP contribution in [0.2, 0.25) is 0 Å². The minimum absolute atomic E-state index is 0. The molecule has 0 radical (unpaired) electrons. The van der Waals surface area contributed by atoms with Crippen molar-refractivity contribution in [3.63, 3.8) is 0 Å². The topological polar surface area (TPSA) is 41.6 Å². The second kappa shape index (κ2) is 8.79. The zero-order valence-electron chi connectivity index (χ0n) is 10.2. The van der Waals surface area contributed by atoms with E-state index in [1.165, 1.54) is 0 Å². The molecule has 0 saturated carbocycles. The molecule has 4 nitrogen and oxygen atoms in total. The summed E-state index contributed by atoms with van der Waals surface area (Å²) in [5, 5.41) is 3.14. The lowest BCUT2D eigenvalue weighted by molar-refractivity contribution is -0.133. The van der Waals surface area contributed by atoms with E-state index in [0.29, 0.717) is 25.7 Å². The highest BCUT2D eigenvalue weighted by molar-refractivity contribution is 5.85. The van der Waals surface area contributed by atoms with E-state index in [4.69, 9.17) is 4.74 Å². The van der Waals surface area contributed by atoms with Gasteiger partial charge in [0.15, 0.2) is 0 Å².